The topological polar surface area (TPSA) is 50.8 Å². The van der Waals surface area contributed by atoms with Crippen molar-refractivity contribution < 1.29 is 14.3 Å². The standard InChI is InChI=1S/C16H20N2O3/c1-4-6-17-16(19)11-18-7-5-12-8-14(20-2)15(21-3)9-13(12)10-18/h1,8-9H,5-7,10-11H2,2-3H3,(H,17,19). The maximum absolute atomic E-state index is 11.7. The Labute approximate surface area is 125 Å². The molecule has 0 saturated carbocycles. The van der Waals surface area contributed by atoms with E-state index in [9.17, 15) is 4.79 Å². The van der Waals surface area contributed by atoms with Crippen LogP contribution in [-0.4, -0.2) is 44.7 Å². The Balaban J connectivity index is 2.06. The summed E-state index contributed by atoms with van der Waals surface area (Å²) in [6.07, 6.45) is 6.02. The van der Waals surface area contributed by atoms with E-state index in [2.05, 4.69) is 16.1 Å². The number of hydrogen-bond donors (Lipinski definition) is 1. The van der Waals surface area contributed by atoms with Gasteiger partial charge in [0.1, 0.15) is 0 Å². The van der Waals surface area contributed by atoms with Crippen molar-refractivity contribution in [2.24, 2.45) is 0 Å². The molecule has 1 aliphatic rings. The number of amides is 1. The minimum absolute atomic E-state index is 0.0446. The van der Waals surface area contributed by atoms with Gasteiger partial charge in [-0.15, -0.1) is 6.42 Å². The summed E-state index contributed by atoms with van der Waals surface area (Å²) in [5, 5.41) is 2.68. The molecule has 1 heterocycles. The number of terminal acetylenes is 1. The van der Waals surface area contributed by atoms with Crippen LogP contribution >= 0.6 is 0 Å². The van der Waals surface area contributed by atoms with Gasteiger partial charge < -0.3 is 14.8 Å². The van der Waals surface area contributed by atoms with Gasteiger partial charge in [-0.05, 0) is 29.7 Å². The quantitative estimate of drug-likeness (QED) is 0.815. The van der Waals surface area contributed by atoms with Crippen LogP contribution in [0.3, 0.4) is 0 Å². The van der Waals surface area contributed by atoms with Gasteiger partial charge in [-0.1, -0.05) is 5.92 Å². The van der Waals surface area contributed by atoms with Gasteiger partial charge in [0.15, 0.2) is 11.5 Å². The number of nitrogens with one attached hydrogen (secondary N) is 1. The van der Waals surface area contributed by atoms with Crippen molar-refractivity contribution in [1.82, 2.24) is 10.2 Å². The molecule has 2 rings (SSSR count). The van der Waals surface area contributed by atoms with Crippen LogP contribution in [0.4, 0.5) is 0 Å². The average molecular weight is 288 g/mol. The molecule has 112 valence electrons. The second-order valence-corrected chi connectivity index (χ2v) is 4.92. The minimum atomic E-state index is -0.0446. The molecule has 0 saturated heterocycles. The minimum Gasteiger partial charge on any atom is -0.493 e. The van der Waals surface area contributed by atoms with E-state index in [1.54, 1.807) is 14.2 Å². The number of rotatable bonds is 5. The van der Waals surface area contributed by atoms with Crippen molar-refractivity contribution in [2.75, 3.05) is 33.9 Å². The summed E-state index contributed by atoms with van der Waals surface area (Å²) in [6.45, 7) is 2.19. The van der Waals surface area contributed by atoms with Crippen LogP contribution < -0.4 is 14.8 Å². The van der Waals surface area contributed by atoms with E-state index in [-0.39, 0.29) is 12.5 Å². The number of hydrogen-bond acceptors (Lipinski definition) is 4. The number of carbonyl (C=O) groups excluding carboxylic acids is 1. The van der Waals surface area contributed by atoms with Gasteiger partial charge in [0, 0.05) is 13.1 Å². The highest BCUT2D eigenvalue weighted by Crippen LogP contribution is 2.33. The third-order valence-corrected chi connectivity index (χ3v) is 3.55. The molecular weight excluding hydrogens is 268 g/mol. The first kappa shape index (κ1) is 15.2. The van der Waals surface area contributed by atoms with Crippen LogP contribution in [0.25, 0.3) is 0 Å². The number of nitrogens with zero attached hydrogens (tertiary/aromatic N) is 1. The van der Waals surface area contributed by atoms with Crippen LogP contribution in [0.2, 0.25) is 0 Å². The third kappa shape index (κ3) is 3.67. The summed E-state index contributed by atoms with van der Waals surface area (Å²) in [7, 11) is 3.26. The number of ether oxygens (including phenoxy) is 2. The van der Waals surface area contributed by atoms with Crippen molar-refractivity contribution in [1.29, 1.82) is 0 Å². The Bertz CT molecular complexity index is 563. The predicted octanol–water partition coefficient (Wildman–Crippen LogP) is 0.811. The number of benzene rings is 1. The smallest absolute Gasteiger partial charge is 0.234 e. The number of fused-ring (bicyclic) bond motifs is 1. The molecule has 21 heavy (non-hydrogen) atoms. The lowest BCUT2D eigenvalue weighted by Gasteiger charge is -2.28. The van der Waals surface area contributed by atoms with Gasteiger partial charge >= 0.3 is 0 Å². The van der Waals surface area contributed by atoms with E-state index in [1.165, 1.54) is 11.1 Å². The van der Waals surface area contributed by atoms with Gasteiger partial charge in [0.05, 0.1) is 27.3 Å². The zero-order valence-corrected chi connectivity index (χ0v) is 12.4. The average Bonchev–Trinajstić information content (AvgIpc) is 2.51. The van der Waals surface area contributed by atoms with Crippen LogP contribution in [0.15, 0.2) is 12.1 Å². The molecule has 0 fully saturated rings. The van der Waals surface area contributed by atoms with Crippen molar-refractivity contribution in [2.45, 2.75) is 13.0 Å². The molecule has 5 heteroatoms. The van der Waals surface area contributed by atoms with Gasteiger partial charge in [-0.3, -0.25) is 9.69 Å². The Morgan fingerprint density at radius 1 is 1.33 bits per heavy atom. The van der Waals surface area contributed by atoms with Crippen molar-refractivity contribution >= 4 is 5.91 Å². The highest BCUT2D eigenvalue weighted by molar-refractivity contribution is 5.78. The van der Waals surface area contributed by atoms with Crippen molar-refractivity contribution in [3.8, 4) is 23.8 Å². The Hall–Kier alpha value is -2.19. The Morgan fingerprint density at radius 3 is 2.62 bits per heavy atom. The summed E-state index contributed by atoms with van der Waals surface area (Å²) in [4.78, 5) is 13.8. The molecule has 5 nitrogen and oxygen atoms in total. The molecule has 0 spiro atoms. The Kier molecular flexibility index (Phi) is 5.07. The largest absolute Gasteiger partial charge is 0.493 e. The molecule has 0 radical (unpaired) electrons. The monoisotopic (exact) mass is 288 g/mol. The molecule has 1 aromatic carbocycles. The van der Waals surface area contributed by atoms with E-state index in [0.717, 1.165) is 31.0 Å². The summed E-state index contributed by atoms with van der Waals surface area (Å²) in [5.41, 5.74) is 2.41. The van der Waals surface area contributed by atoms with Gasteiger partial charge in [0.25, 0.3) is 0 Å². The third-order valence-electron chi connectivity index (χ3n) is 3.55. The fraction of sp³-hybridized carbons (Fsp3) is 0.438. The molecule has 0 bridgehead atoms. The lowest BCUT2D eigenvalue weighted by atomic mass is 9.99. The maximum atomic E-state index is 11.7. The highest BCUT2D eigenvalue weighted by Gasteiger charge is 2.20. The molecule has 1 amide bonds. The number of methoxy groups -OCH3 is 2. The summed E-state index contributed by atoms with van der Waals surface area (Å²) in [5.74, 6) is 3.82. The summed E-state index contributed by atoms with van der Waals surface area (Å²) < 4.78 is 10.6. The molecule has 1 aromatic rings. The van der Waals surface area contributed by atoms with Crippen molar-refractivity contribution in [3.05, 3.63) is 23.3 Å². The first-order valence-electron chi connectivity index (χ1n) is 6.84. The SMILES string of the molecule is C#CCNC(=O)CN1CCc2cc(OC)c(OC)cc2C1. The molecule has 1 N–H and O–H groups in total. The normalized spacial score (nSPS) is 14.0. The second kappa shape index (κ2) is 7.00. The molecule has 0 aliphatic carbocycles. The first-order valence-corrected chi connectivity index (χ1v) is 6.84. The highest BCUT2D eigenvalue weighted by atomic mass is 16.5. The second-order valence-electron chi connectivity index (χ2n) is 4.92. The van der Waals surface area contributed by atoms with E-state index >= 15 is 0 Å². The lowest BCUT2D eigenvalue weighted by Crippen LogP contribution is -2.40. The summed E-state index contributed by atoms with van der Waals surface area (Å²) >= 11 is 0. The van der Waals surface area contributed by atoms with Gasteiger partial charge in [0.2, 0.25) is 5.91 Å². The van der Waals surface area contributed by atoms with Crippen LogP contribution in [-0.2, 0) is 17.8 Å². The fourth-order valence-corrected chi connectivity index (χ4v) is 2.49. The molecule has 0 unspecified atom stereocenters. The van der Waals surface area contributed by atoms with Crippen LogP contribution in [0.5, 0.6) is 11.5 Å². The van der Waals surface area contributed by atoms with Crippen molar-refractivity contribution in [3.63, 3.8) is 0 Å². The zero-order valence-electron chi connectivity index (χ0n) is 12.4. The van der Waals surface area contributed by atoms with E-state index in [1.807, 2.05) is 12.1 Å². The molecule has 1 aliphatic heterocycles. The molecule has 0 aromatic heterocycles. The van der Waals surface area contributed by atoms with Gasteiger partial charge in [-0.25, -0.2) is 0 Å². The first-order chi connectivity index (χ1) is 10.2. The summed E-state index contributed by atoms with van der Waals surface area (Å²) in [6, 6.07) is 4.00. The van der Waals surface area contributed by atoms with E-state index < -0.39 is 0 Å². The van der Waals surface area contributed by atoms with E-state index in [0.29, 0.717) is 6.54 Å². The Morgan fingerprint density at radius 2 is 2.00 bits per heavy atom. The molecular formula is C16H20N2O3. The number of carbonyl (C=O) groups is 1. The lowest BCUT2D eigenvalue weighted by molar-refractivity contribution is -0.122. The van der Waals surface area contributed by atoms with Crippen LogP contribution in [0.1, 0.15) is 11.1 Å². The molecule has 0 atom stereocenters. The van der Waals surface area contributed by atoms with Crippen LogP contribution in [0, 0.1) is 12.3 Å². The van der Waals surface area contributed by atoms with Gasteiger partial charge in [-0.2, -0.15) is 0 Å². The fourth-order valence-electron chi connectivity index (χ4n) is 2.49. The predicted molar refractivity (Wildman–Crippen MR) is 80.4 cm³/mol. The maximum Gasteiger partial charge on any atom is 0.234 e. The zero-order chi connectivity index (χ0) is 15.2. The van der Waals surface area contributed by atoms with E-state index in [4.69, 9.17) is 15.9 Å².